The number of aromatic nitrogens is 2. The number of hydrogen-bond donors (Lipinski definition) is 3. The maximum Gasteiger partial charge on any atom is 0.254 e. The molecule has 0 aliphatic carbocycles. The molecule has 3 aromatic rings. The van der Waals surface area contributed by atoms with Crippen LogP contribution < -0.4 is 21.1 Å². The zero-order valence-electron chi connectivity index (χ0n) is 18.4. The van der Waals surface area contributed by atoms with Gasteiger partial charge in [0.25, 0.3) is 5.91 Å². The zero-order valence-corrected chi connectivity index (χ0v) is 18.4. The quantitative estimate of drug-likeness (QED) is 0.549. The molecule has 0 spiro atoms. The Morgan fingerprint density at radius 1 is 1.28 bits per heavy atom. The Bertz CT molecular complexity index is 1180. The first kappa shape index (κ1) is 21.4. The first-order valence-electron chi connectivity index (χ1n) is 10.6. The molecular formula is C24H27N5O3. The van der Waals surface area contributed by atoms with Crippen molar-refractivity contribution < 1.29 is 14.3 Å². The molecule has 2 amide bonds. The summed E-state index contributed by atoms with van der Waals surface area (Å²) in [5.41, 5.74) is 10.0. The Kier molecular flexibility index (Phi) is 5.85. The number of nitrogens with two attached hydrogens (primary N) is 1. The number of primary amides is 1. The van der Waals surface area contributed by atoms with Crippen LogP contribution in [-0.2, 0) is 4.79 Å². The lowest BCUT2D eigenvalue weighted by molar-refractivity contribution is -0.115. The summed E-state index contributed by atoms with van der Waals surface area (Å²) in [6.07, 6.45) is 1.13. The number of nitrogens with one attached hydrogen (secondary N) is 2. The topological polar surface area (TPSA) is 111 Å². The highest BCUT2D eigenvalue weighted by Crippen LogP contribution is 2.39. The SMILES string of the molecule is CCC(=O)Nc1ccccc1[C@@H]1CCNc2c(C(N)=O)c(-c3ccc(C)c(OC)c3)nn21. The van der Waals surface area contributed by atoms with Crippen LogP contribution in [0, 0.1) is 6.92 Å². The second-order valence-corrected chi connectivity index (χ2v) is 7.79. The summed E-state index contributed by atoms with van der Waals surface area (Å²) in [5, 5.41) is 11.1. The highest BCUT2D eigenvalue weighted by Gasteiger charge is 2.31. The van der Waals surface area contributed by atoms with Gasteiger partial charge >= 0.3 is 0 Å². The Hall–Kier alpha value is -3.81. The van der Waals surface area contributed by atoms with Gasteiger partial charge in [-0.1, -0.05) is 37.3 Å². The predicted molar refractivity (Wildman–Crippen MR) is 124 cm³/mol. The monoisotopic (exact) mass is 433 g/mol. The fraction of sp³-hybridized carbons (Fsp3) is 0.292. The molecule has 4 rings (SSSR count). The van der Waals surface area contributed by atoms with E-state index in [0.717, 1.165) is 28.8 Å². The van der Waals surface area contributed by atoms with E-state index in [1.807, 2.05) is 61.0 Å². The van der Waals surface area contributed by atoms with E-state index in [-0.39, 0.29) is 11.9 Å². The minimum Gasteiger partial charge on any atom is -0.496 e. The summed E-state index contributed by atoms with van der Waals surface area (Å²) >= 11 is 0. The van der Waals surface area contributed by atoms with Crippen molar-refractivity contribution in [3.05, 3.63) is 59.2 Å². The van der Waals surface area contributed by atoms with Gasteiger partial charge in [0, 0.05) is 29.8 Å². The third-order valence-corrected chi connectivity index (χ3v) is 5.76. The van der Waals surface area contributed by atoms with Crippen LogP contribution in [0.15, 0.2) is 42.5 Å². The molecule has 8 nitrogen and oxygen atoms in total. The van der Waals surface area contributed by atoms with Crippen molar-refractivity contribution in [3.8, 4) is 17.0 Å². The number of benzene rings is 2. The van der Waals surface area contributed by atoms with E-state index in [4.69, 9.17) is 15.6 Å². The molecule has 0 saturated heterocycles. The fourth-order valence-electron chi connectivity index (χ4n) is 4.11. The van der Waals surface area contributed by atoms with Gasteiger partial charge in [0.15, 0.2) is 0 Å². The molecule has 8 heteroatoms. The van der Waals surface area contributed by atoms with Crippen LogP contribution in [0.5, 0.6) is 5.75 Å². The van der Waals surface area contributed by atoms with E-state index in [1.165, 1.54) is 0 Å². The second kappa shape index (κ2) is 8.74. The minimum atomic E-state index is -0.554. The van der Waals surface area contributed by atoms with Gasteiger partial charge in [0.2, 0.25) is 5.91 Å². The summed E-state index contributed by atoms with van der Waals surface area (Å²) in [5.74, 6) is 0.680. The maximum absolute atomic E-state index is 12.5. The average molecular weight is 434 g/mol. The number of nitrogens with zero attached hydrogens (tertiary/aromatic N) is 2. The van der Waals surface area contributed by atoms with Crippen LogP contribution >= 0.6 is 0 Å². The Morgan fingerprint density at radius 3 is 2.78 bits per heavy atom. The molecule has 166 valence electrons. The number of aryl methyl sites for hydroxylation is 1. The van der Waals surface area contributed by atoms with E-state index in [0.29, 0.717) is 35.8 Å². The van der Waals surface area contributed by atoms with Crippen molar-refractivity contribution in [3.63, 3.8) is 0 Å². The minimum absolute atomic E-state index is 0.0580. The second-order valence-electron chi connectivity index (χ2n) is 7.79. The smallest absolute Gasteiger partial charge is 0.254 e. The standard InChI is InChI=1S/C24H27N5O3/c1-4-20(30)27-17-8-6-5-7-16(17)18-11-12-26-24-21(23(25)31)22(28-29(18)24)15-10-9-14(2)19(13-15)32-3/h5-10,13,18,26H,4,11-12H2,1-3H3,(H2,25,31)(H,27,30)/t18-/m0/s1. The third-order valence-electron chi connectivity index (χ3n) is 5.76. The van der Waals surface area contributed by atoms with Crippen molar-refractivity contribution >= 4 is 23.3 Å². The summed E-state index contributed by atoms with van der Waals surface area (Å²) in [6.45, 7) is 4.41. The van der Waals surface area contributed by atoms with Crippen molar-refractivity contribution in [2.24, 2.45) is 5.73 Å². The summed E-state index contributed by atoms with van der Waals surface area (Å²) < 4.78 is 7.26. The molecule has 4 N–H and O–H groups in total. The van der Waals surface area contributed by atoms with Gasteiger partial charge in [-0.25, -0.2) is 4.68 Å². The Morgan fingerprint density at radius 2 is 2.06 bits per heavy atom. The highest BCUT2D eigenvalue weighted by atomic mass is 16.5. The number of rotatable bonds is 6. The van der Waals surface area contributed by atoms with Crippen LogP contribution in [0.1, 0.15) is 47.3 Å². The highest BCUT2D eigenvalue weighted by molar-refractivity contribution is 6.04. The van der Waals surface area contributed by atoms with Gasteiger partial charge in [0.05, 0.1) is 13.2 Å². The first-order chi connectivity index (χ1) is 15.4. The molecule has 2 heterocycles. The molecule has 1 aromatic heterocycles. The van der Waals surface area contributed by atoms with Crippen molar-refractivity contribution in [2.75, 3.05) is 24.3 Å². The Labute approximate surface area is 186 Å². The van der Waals surface area contributed by atoms with E-state index >= 15 is 0 Å². The van der Waals surface area contributed by atoms with E-state index < -0.39 is 5.91 Å². The molecule has 0 radical (unpaired) electrons. The van der Waals surface area contributed by atoms with Gasteiger partial charge in [-0.3, -0.25) is 9.59 Å². The molecule has 0 bridgehead atoms. The summed E-state index contributed by atoms with van der Waals surface area (Å²) in [7, 11) is 1.61. The number of para-hydroxylation sites is 1. The molecule has 0 unspecified atom stereocenters. The number of carbonyl (C=O) groups excluding carboxylic acids is 2. The number of fused-ring (bicyclic) bond motifs is 1. The molecule has 0 saturated carbocycles. The van der Waals surface area contributed by atoms with Crippen LogP contribution in [0.25, 0.3) is 11.3 Å². The lowest BCUT2D eigenvalue weighted by Crippen LogP contribution is -2.27. The zero-order chi connectivity index (χ0) is 22.8. The molecule has 32 heavy (non-hydrogen) atoms. The van der Waals surface area contributed by atoms with E-state index in [9.17, 15) is 9.59 Å². The van der Waals surface area contributed by atoms with Gasteiger partial charge in [-0.15, -0.1) is 0 Å². The maximum atomic E-state index is 12.5. The first-order valence-corrected chi connectivity index (χ1v) is 10.6. The van der Waals surface area contributed by atoms with Gasteiger partial charge < -0.3 is 21.1 Å². The molecule has 1 aliphatic rings. The number of amides is 2. The largest absolute Gasteiger partial charge is 0.496 e. The molecule has 0 fully saturated rings. The van der Waals surface area contributed by atoms with Crippen LogP contribution in [0.3, 0.4) is 0 Å². The Balaban J connectivity index is 1.86. The molecule has 1 atom stereocenters. The predicted octanol–water partition coefficient (Wildman–Crippen LogP) is 3.72. The summed E-state index contributed by atoms with van der Waals surface area (Å²) in [6, 6.07) is 13.2. The van der Waals surface area contributed by atoms with Crippen LogP contribution in [0.4, 0.5) is 11.5 Å². The number of ether oxygens (including phenoxy) is 1. The number of carbonyl (C=O) groups is 2. The van der Waals surface area contributed by atoms with Crippen LogP contribution in [0.2, 0.25) is 0 Å². The normalized spacial score (nSPS) is 14.9. The molecule has 2 aromatic carbocycles. The number of methoxy groups -OCH3 is 1. The molecule has 1 aliphatic heterocycles. The van der Waals surface area contributed by atoms with Crippen molar-refractivity contribution in [1.82, 2.24) is 9.78 Å². The van der Waals surface area contributed by atoms with Crippen molar-refractivity contribution in [1.29, 1.82) is 0 Å². The lowest BCUT2D eigenvalue weighted by Gasteiger charge is -2.28. The van der Waals surface area contributed by atoms with Gasteiger partial charge in [0.1, 0.15) is 22.8 Å². The third kappa shape index (κ3) is 3.79. The van der Waals surface area contributed by atoms with E-state index in [1.54, 1.807) is 7.11 Å². The summed E-state index contributed by atoms with van der Waals surface area (Å²) in [4.78, 5) is 24.5. The average Bonchev–Trinajstić information content (AvgIpc) is 3.20. The van der Waals surface area contributed by atoms with Crippen molar-refractivity contribution in [2.45, 2.75) is 32.7 Å². The van der Waals surface area contributed by atoms with Gasteiger partial charge in [-0.2, -0.15) is 5.10 Å². The van der Waals surface area contributed by atoms with E-state index in [2.05, 4.69) is 10.6 Å². The number of anilines is 2. The fourth-order valence-corrected chi connectivity index (χ4v) is 4.11. The van der Waals surface area contributed by atoms with Gasteiger partial charge in [-0.05, 0) is 31.0 Å². The molecular weight excluding hydrogens is 406 g/mol. The number of hydrogen-bond acceptors (Lipinski definition) is 5. The van der Waals surface area contributed by atoms with Crippen LogP contribution in [-0.4, -0.2) is 35.2 Å². The lowest BCUT2D eigenvalue weighted by atomic mass is 9.99.